The highest BCUT2D eigenvalue weighted by Gasteiger charge is 2.30. The number of hydrogen-bond donors (Lipinski definition) is 2. The number of hydrogen-bond acceptors (Lipinski definition) is 4. The first-order valence-corrected chi connectivity index (χ1v) is 10.6. The minimum Gasteiger partial charge on any atom is -0.381 e. The van der Waals surface area contributed by atoms with E-state index in [1.165, 1.54) is 13.8 Å². The highest BCUT2D eigenvalue weighted by Crippen LogP contribution is 2.28. The average Bonchev–Trinajstić information content (AvgIpc) is 3.19. The first kappa shape index (κ1) is 21.3. The SMILES string of the molecule is CC(C)(O)C(=O)N1CC=C(c2ccc(NC(=O)N3Cc4nccc(Cl)c4C3)cc2)CC1. The predicted molar refractivity (Wildman–Crippen MR) is 119 cm³/mol. The molecule has 2 aliphatic heterocycles. The molecule has 1 aromatic carbocycles. The molecule has 0 aliphatic carbocycles. The summed E-state index contributed by atoms with van der Waals surface area (Å²) in [5, 5.41) is 13.5. The lowest BCUT2D eigenvalue weighted by Gasteiger charge is -2.31. The number of aliphatic hydroxyl groups is 1. The minimum absolute atomic E-state index is 0.195. The maximum absolute atomic E-state index is 12.6. The highest BCUT2D eigenvalue weighted by atomic mass is 35.5. The Balaban J connectivity index is 1.36. The summed E-state index contributed by atoms with van der Waals surface area (Å²) in [5.74, 6) is -0.263. The largest absolute Gasteiger partial charge is 0.381 e. The molecule has 4 rings (SSSR count). The molecule has 2 aromatic rings. The normalized spacial score (nSPS) is 16.1. The Morgan fingerprint density at radius 1 is 1.13 bits per heavy atom. The average molecular weight is 441 g/mol. The lowest BCUT2D eigenvalue weighted by atomic mass is 9.98. The van der Waals surface area contributed by atoms with Crippen molar-refractivity contribution in [2.24, 2.45) is 0 Å². The number of carbonyl (C=O) groups is 2. The van der Waals surface area contributed by atoms with Crippen LogP contribution in [0.1, 0.15) is 37.1 Å². The van der Waals surface area contributed by atoms with E-state index in [-0.39, 0.29) is 11.9 Å². The Hall–Kier alpha value is -2.90. The molecule has 31 heavy (non-hydrogen) atoms. The molecule has 1 aromatic heterocycles. The second kappa shape index (κ2) is 8.32. The van der Waals surface area contributed by atoms with E-state index in [2.05, 4.69) is 10.3 Å². The van der Waals surface area contributed by atoms with Crippen molar-refractivity contribution >= 4 is 34.8 Å². The number of pyridine rings is 1. The summed E-state index contributed by atoms with van der Waals surface area (Å²) in [6, 6.07) is 9.21. The topological polar surface area (TPSA) is 85.8 Å². The molecule has 0 saturated heterocycles. The van der Waals surface area contributed by atoms with Crippen LogP contribution in [-0.2, 0) is 17.9 Å². The number of amides is 3. The third-order valence-electron chi connectivity index (χ3n) is 5.59. The summed E-state index contributed by atoms with van der Waals surface area (Å²) < 4.78 is 0. The van der Waals surface area contributed by atoms with Crippen molar-refractivity contribution in [1.29, 1.82) is 0 Å². The number of nitrogens with one attached hydrogen (secondary N) is 1. The lowest BCUT2D eigenvalue weighted by Crippen LogP contribution is -2.46. The Kier molecular flexibility index (Phi) is 5.73. The van der Waals surface area contributed by atoms with Gasteiger partial charge in [-0.3, -0.25) is 9.78 Å². The zero-order valence-corrected chi connectivity index (χ0v) is 18.3. The van der Waals surface area contributed by atoms with Crippen LogP contribution in [0.4, 0.5) is 10.5 Å². The maximum atomic E-state index is 12.6. The molecule has 7 nitrogen and oxygen atoms in total. The van der Waals surface area contributed by atoms with Crippen molar-refractivity contribution in [1.82, 2.24) is 14.8 Å². The van der Waals surface area contributed by atoms with E-state index in [0.29, 0.717) is 43.3 Å². The fourth-order valence-electron chi connectivity index (χ4n) is 3.86. The molecular formula is C23H25ClN4O3. The molecule has 0 saturated carbocycles. The Labute approximate surface area is 186 Å². The van der Waals surface area contributed by atoms with Crippen molar-refractivity contribution in [3.63, 3.8) is 0 Å². The maximum Gasteiger partial charge on any atom is 0.322 e. The van der Waals surface area contributed by atoms with Crippen LogP contribution >= 0.6 is 11.6 Å². The Bertz CT molecular complexity index is 1040. The van der Waals surface area contributed by atoms with Crippen LogP contribution in [0.2, 0.25) is 5.02 Å². The van der Waals surface area contributed by atoms with Gasteiger partial charge in [0.15, 0.2) is 0 Å². The van der Waals surface area contributed by atoms with Gasteiger partial charge in [0.05, 0.1) is 18.8 Å². The van der Waals surface area contributed by atoms with E-state index >= 15 is 0 Å². The van der Waals surface area contributed by atoms with E-state index in [1.54, 1.807) is 22.1 Å². The van der Waals surface area contributed by atoms with Gasteiger partial charge in [-0.25, -0.2) is 4.79 Å². The third-order valence-corrected chi connectivity index (χ3v) is 5.95. The fraction of sp³-hybridized carbons (Fsp3) is 0.348. The quantitative estimate of drug-likeness (QED) is 0.762. The Morgan fingerprint density at radius 2 is 1.87 bits per heavy atom. The number of urea groups is 1. The van der Waals surface area contributed by atoms with Crippen LogP contribution in [0.5, 0.6) is 0 Å². The molecule has 3 amide bonds. The molecular weight excluding hydrogens is 416 g/mol. The van der Waals surface area contributed by atoms with E-state index < -0.39 is 5.60 Å². The summed E-state index contributed by atoms with van der Waals surface area (Å²) in [5.41, 5.74) is 3.28. The molecule has 0 fully saturated rings. The number of anilines is 1. The van der Waals surface area contributed by atoms with Gasteiger partial charge < -0.3 is 20.2 Å². The van der Waals surface area contributed by atoms with Gasteiger partial charge in [-0.05, 0) is 49.6 Å². The fourth-order valence-corrected chi connectivity index (χ4v) is 4.08. The third kappa shape index (κ3) is 4.57. The van der Waals surface area contributed by atoms with Crippen molar-refractivity contribution in [3.8, 4) is 0 Å². The van der Waals surface area contributed by atoms with Crippen LogP contribution in [0.25, 0.3) is 5.57 Å². The zero-order valence-electron chi connectivity index (χ0n) is 17.6. The van der Waals surface area contributed by atoms with Crippen LogP contribution in [0.3, 0.4) is 0 Å². The summed E-state index contributed by atoms with van der Waals surface area (Å²) in [6.07, 6.45) is 4.38. The summed E-state index contributed by atoms with van der Waals surface area (Å²) in [7, 11) is 0. The van der Waals surface area contributed by atoms with Gasteiger partial charge in [-0.15, -0.1) is 0 Å². The summed E-state index contributed by atoms with van der Waals surface area (Å²) >= 11 is 6.20. The first-order chi connectivity index (χ1) is 14.7. The van der Waals surface area contributed by atoms with Gasteiger partial charge in [0.25, 0.3) is 5.91 Å². The predicted octanol–water partition coefficient (Wildman–Crippen LogP) is 3.67. The monoisotopic (exact) mass is 440 g/mol. The molecule has 0 radical (unpaired) electrons. The molecule has 0 spiro atoms. The number of fused-ring (bicyclic) bond motifs is 1. The molecule has 2 N–H and O–H groups in total. The van der Waals surface area contributed by atoms with E-state index in [4.69, 9.17) is 11.6 Å². The van der Waals surface area contributed by atoms with Crippen LogP contribution < -0.4 is 5.32 Å². The minimum atomic E-state index is -1.36. The van der Waals surface area contributed by atoms with Crippen molar-refractivity contribution in [3.05, 3.63) is 64.4 Å². The van der Waals surface area contributed by atoms with Gasteiger partial charge in [0.1, 0.15) is 5.60 Å². The molecule has 0 atom stereocenters. The lowest BCUT2D eigenvalue weighted by molar-refractivity contribution is -0.147. The Morgan fingerprint density at radius 3 is 2.48 bits per heavy atom. The van der Waals surface area contributed by atoms with Crippen molar-refractivity contribution in [2.75, 3.05) is 18.4 Å². The summed E-state index contributed by atoms with van der Waals surface area (Å²) in [4.78, 5) is 32.5. The molecule has 0 unspecified atom stereocenters. The summed E-state index contributed by atoms with van der Waals surface area (Å²) in [6.45, 7) is 4.94. The van der Waals surface area contributed by atoms with Gasteiger partial charge in [0.2, 0.25) is 0 Å². The van der Waals surface area contributed by atoms with Crippen LogP contribution in [-0.4, -0.2) is 50.5 Å². The molecule has 2 aliphatic rings. The molecule has 8 heteroatoms. The van der Waals surface area contributed by atoms with Crippen LogP contribution in [0.15, 0.2) is 42.6 Å². The second-order valence-corrected chi connectivity index (χ2v) is 8.78. The van der Waals surface area contributed by atoms with E-state index in [9.17, 15) is 14.7 Å². The van der Waals surface area contributed by atoms with Gasteiger partial charge in [-0.1, -0.05) is 29.8 Å². The number of nitrogens with zero attached hydrogens (tertiary/aromatic N) is 3. The number of halogens is 1. The van der Waals surface area contributed by atoms with Crippen molar-refractivity contribution < 1.29 is 14.7 Å². The number of rotatable bonds is 3. The number of aromatic nitrogens is 1. The van der Waals surface area contributed by atoms with Crippen molar-refractivity contribution in [2.45, 2.75) is 39.0 Å². The van der Waals surface area contributed by atoms with E-state index in [0.717, 1.165) is 22.4 Å². The standard InChI is InChI=1S/C23H25ClN4O3/c1-23(2,31)21(29)27-11-8-16(9-12-27)15-3-5-17(6-4-15)26-22(30)28-13-18-19(24)7-10-25-20(18)14-28/h3-8,10,31H,9,11-14H2,1-2H3,(H,26,30). The van der Waals surface area contributed by atoms with Gasteiger partial charge >= 0.3 is 6.03 Å². The van der Waals surface area contributed by atoms with Gasteiger partial charge in [0, 0.05) is 35.6 Å². The van der Waals surface area contributed by atoms with Gasteiger partial charge in [-0.2, -0.15) is 0 Å². The molecule has 0 bridgehead atoms. The van der Waals surface area contributed by atoms with Crippen LogP contribution in [0, 0.1) is 0 Å². The molecule has 162 valence electrons. The zero-order chi connectivity index (χ0) is 22.2. The van der Waals surface area contributed by atoms with E-state index in [1.807, 2.05) is 30.3 Å². The molecule has 3 heterocycles. The first-order valence-electron chi connectivity index (χ1n) is 10.2. The second-order valence-electron chi connectivity index (χ2n) is 8.37. The highest BCUT2D eigenvalue weighted by molar-refractivity contribution is 6.31. The number of carbonyl (C=O) groups excluding carboxylic acids is 2. The smallest absolute Gasteiger partial charge is 0.322 e. The number of benzene rings is 1.